The molecule has 0 saturated carbocycles. The van der Waals surface area contributed by atoms with Gasteiger partial charge in [-0.3, -0.25) is 9.69 Å². The highest BCUT2D eigenvalue weighted by Crippen LogP contribution is 2.45. The van der Waals surface area contributed by atoms with E-state index >= 15 is 0 Å². The van der Waals surface area contributed by atoms with Gasteiger partial charge in [0.25, 0.3) is 0 Å². The zero-order valence-electron chi connectivity index (χ0n) is 16.3. The topological polar surface area (TPSA) is 45.3 Å². The van der Waals surface area contributed by atoms with Crippen molar-refractivity contribution < 1.29 is 9.53 Å². The van der Waals surface area contributed by atoms with Crippen molar-refractivity contribution >= 4 is 16.9 Å². The van der Waals surface area contributed by atoms with E-state index in [1.165, 1.54) is 48.5 Å². The van der Waals surface area contributed by atoms with Crippen LogP contribution in [0.3, 0.4) is 0 Å². The molecule has 2 aromatic rings. The van der Waals surface area contributed by atoms with Gasteiger partial charge in [0.1, 0.15) is 5.75 Å². The molecule has 1 aromatic carbocycles. The molecule has 4 nitrogen and oxygen atoms in total. The lowest BCUT2D eigenvalue weighted by atomic mass is 9.79. The maximum atomic E-state index is 11.3. The quantitative estimate of drug-likeness (QED) is 0.650. The fraction of sp³-hybridized carbons (Fsp3) is 0.591. The highest BCUT2D eigenvalue weighted by molar-refractivity contribution is 5.87. The van der Waals surface area contributed by atoms with Crippen LogP contribution in [0.2, 0.25) is 0 Å². The number of nitrogens with zero attached hydrogens (tertiary/aromatic N) is 1. The van der Waals surface area contributed by atoms with E-state index in [0.717, 1.165) is 18.9 Å². The minimum absolute atomic E-state index is 0.265. The highest BCUT2D eigenvalue weighted by Gasteiger charge is 2.43. The number of nitrogens with one attached hydrogen (secondary N) is 1. The monoisotopic (exact) mass is 354 g/mol. The Bertz CT molecular complexity index is 823. The number of aromatic amines is 1. The smallest absolute Gasteiger partial charge is 0.308 e. The lowest BCUT2D eigenvalue weighted by Gasteiger charge is -2.35. The van der Waals surface area contributed by atoms with E-state index in [9.17, 15) is 4.79 Å². The number of hydrogen-bond donors (Lipinski definition) is 1. The minimum Gasteiger partial charge on any atom is -0.427 e. The van der Waals surface area contributed by atoms with Crippen molar-refractivity contribution in [3.05, 3.63) is 29.5 Å². The molecular weight excluding hydrogens is 324 g/mol. The molecule has 26 heavy (non-hydrogen) atoms. The molecule has 140 valence electrons. The molecule has 1 fully saturated rings. The van der Waals surface area contributed by atoms with Gasteiger partial charge < -0.3 is 9.72 Å². The summed E-state index contributed by atoms with van der Waals surface area (Å²) in [5.41, 5.74) is 4.04. The van der Waals surface area contributed by atoms with Crippen LogP contribution in [0.1, 0.15) is 57.7 Å². The van der Waals surface area contributed by atoms with Crippen molar-refractivity contribution in [2.24, 2.45) is 11.8 Å². The number of H-pyrrole nitrogens is 1. The number of rotatable bonds is 4. The Hall–Kier alpha value is -1.81. The summed E-state index contributed by atoms with van der Waals surface area (Å²) >= 11 is 0. The molecule has 0 spiro atoms. The summed E-state index contributed by atoms with van der Waals surface area (Å²) < 4.78 is 5.32. The van der Waals surface area contributed by atoms with E-state index in [1.807, 2.05) is 12.1 Å². The third kappa shape index (κ3) is 2.84. The SMILES string of the molecule is CC[C@@H](C(C)C)C1[C@H]2CCN1CCc1c2[nH]c2ccc(OC(C)=O)cc12. The van der Waals surface area contributed by atoms with Crippen LogP contribution in [0.5, 0.6) is 5.75 Å². The fourth-order valence-electron chi connectivity index (χ4n) is 5.45. The zero-order chi connectivity index (χ0) is 18.4. The van der Waals surface area contributed by atoms with E-state index in [2.05, 4.69) is 36.7 Å². The van der Waals surface area contributed by atoms with Gasteiger partial charge in [-0.1, -0.05) is 27.2 Å². The van der Waals surface area contributed by atoms with Crippen LogP contribution in [0.15, 0.2) is 18.2 Å². The van der Waals surface area contributed by atoms with Crippen LogP contribution >= 0.6 is 0 Å². The second-order valence-corrected chi connectivity index (χ2v) is 8.31. The molecule has 1 N–H and O–H groups in total. The zero-order valence-corrected chi connectivity index (χ0v) is 16.3. The number of fused-ring (bicyclic) bond motifs is 6. The van der Waals surface area contributed by atoms with E-state index in [4.69, 9.17) is 4.74 Å². The average Bonchev–Trinajstić information content (AvgIpc) is 3.08. The second kappa shape index (κ2) is 6.73. The van der Waals surface area contributed by atoms with Gasteiger partial charge in [0.2, 0.25) is 0 Å². The molecule has 2 bridgehead atoms. The minimum atomic E-state index is -0.265. The summed E-state index contributed by atoms with van der Waals surface area (Å²) in [7, 11) is 0. The maximum absolute atomic E-state index is 11.3. The molecular formula is C22H30N2O2. The van der Waals surface area contributed by atoms with Crippen LogP contribution in [0, 0.1) is 11.8 Å². The Balaban J connectivity index is 1.78. The summed E-state index contributed by atoms with van der Waals surface area (Å²) in [6.45, 7) is 10.9. The normalized spacial score (nSPS) is 26.0. The second-order valence-electron chi connectivity index (χ2n) is 8.31. The number of carbonyl (C=O) groups is 1. The molecule has 2 aliphatic heterocycles. The molecule has 2 aliphatic rings. The fourth-order valence-corrected chi connectivity index (χ4v) is 5.45. The molecule has 0 amide bonds. The first-order valence-electron chi connectivity index (χ1n) is 10.1. The summed E-state index contributed by atoms with van der Waals surface area (Å²) in [5.74, 6) is 2.40. The van der Waals surface area contributed by atoms with Gasteiger partial charge in [-0.15, -0.1) is 0 Å². The van der Waals surface area contributed by atoms with Gasteiger partial charge >= 0.3 is 5.97 Å². The number of aromatic nitrogens is 1. The van der Waals surface area contributed by atoms with Crippen molar-refractivity contribution in [1.82, 2.24) is 9.88 Å². The van der Waals surface area contributed by atoms with Gasteiger partial charge in [-0.05, 0) is 55.0 Å². The van der Waals surface area contributed by atoms with E-state index in [0.29, 0.717) is 23.6 Å². The Morgan fingerprint density at radius 2 is 2.15 bits per heavy atom. The summed E-state index contributed by atoms with van der Waals surface area (Å²) in [6, 6.07) is 6.63. The number of hydrogen-bond acceptors (Lipinski definition) is 3. The van der Waals surface area contributed by atoms with Gasteiger partial charge in [0, 0.05) is 42.0 Å². The molecule has 4 rings (SSSR count). The number of carbonyl (C=O) groups excluding carboxylic acids is 1. The van der Waals surface area contributed by atoms with Crippen LogP contribution in [0.25, 0.3) is 10.9 Å². The summed E-state index contributed by atoms with van der Waals surface area (Å²) in [5, 5.41) is 1.23. The molecule has 2 unspecified atom stereocenters. The molecule has 1 aromatic heterocycles. The van der Waals surface area contributed by atoms with Gasteiger partial charge in [0.15, 0.2) is 0 Å². The standard InChI is InChI=1S/C22H30N2O2/c1-5-16(13(2)3)22-18-9-11-24(22)10-8-17-19-12-15(26-14(4)25)6-7-20(19)23-21(17)18/h6-7,12-13,16,18,22-23H,5,8-11H2,1-4H3/t16-,18-,22?/m0/s1. The van der Waals surface area contributed by atoms with Crippen LogP contribution in [0.4, 0.5) is 0 Å². The van der Waals surface area contributed by atoms with Crippen molar-refractivity contribution in [2.75, 3.05) is 13.1 Å². The predicted molar refractivity (Wildman–Crippen MR) is 105 cm³/mol. The van der Waals surface area contributed by atoms with Crippen molar-refractivity contribution in [3.63, 3.8) is 0 Å². The summed E-state index contributed by atoms with van der Waals surface area (Å²) in [6.07, 6.45) is 3.55. The summed E-state index contributed by atoms with van der Waals surface area (Å²) in [4.78, 5) is 17.8. The Kier molecular flexibility index (Phi) is 4.55. The molecule has 3 heterocycles. The first-order chi connectivity index (χ1) is 12.5. The van der Waals surface area contributed by atoms with Gasteiger partial charge in [0.05, 0.1) is 0 Å². The molecule has 4 atom stereocenters. The molecule has 1 saturated heterocycles. The Morgan fingerprint density at radius 3 is 2.85 bits per heavy atom. The lowest BCUT2D eigenvalue weighted by molar-refractivity contribution is -0.131. The molecule has 0 radical (unpaired) electrons. The predicted octanol–water partition coefficient (Wildman–Crippen LogP) is 4.49. The third-order valence-electron chi connectivity index (χ3n) is 6.52. The number of benzene rings is 1. The first-order valence-corrected chi connectivity index (χ1v) is 10.1. The largest absolute Gasteiger partial charge is 0.427 e. The Labute approximate surface area is 155 Å². The van der Waals surface area contributed by atoms with Crippen molar-refractivity contribution in [2.45, 2.75) is 58.9 Å². The van der Waals surface area contributed by atoms with Gasteiger partial charge in [-0.2, -0.15) is 0 Å². The number of esters is 1. The van der Waals surface area contributed by atoms with Crippen molar-refractivity contribution in [3.8, 4) is 5.75 Å². The van der Waals surface area contributed by atoms with E-state index < -0.39 is 0 Å². The Morgan fingerprint density at radius 1 is 1.35 bits per heavy atom. The maximum Gasteiger partial charge on any atom is 0.308 e. The van der Waals surface area contributed by atoms with Crippen molar-refractivity contribution in [1.29, 1.82) is 0 Å². The van der Waals surface area contributed by atoms with E-state index in [1.54, 1.807) is 0 Å². The molecule has 4 heteroatoms. The van der Waals surface area contributed by atoms with Crippen LogP contribution in [-0.4, -0.2) is 35.0 Å². The van der Waals surface area contributed by atoms with Crippen LogP contribution < -0.4 is 4.74 Å². The number of ether oxygens (including phenoxy) is 1. The third-order valence-corrected chi connectivity index (χ3v) is 6.52. The van der Waals surface area contributed by atoms with E-state index in [-0.39, 0.29) is 5.97 Å². The van der Waals surface area contributed by atoms with Gasteiger partial charge in [-0.25, -0.2) is 0 Å². The highest BCUT2D eigenvalue weighted by atomic mass is 16.5. The molecule has 0 aliphatic carbocycles. The average molecular weight is 354 g/mol. The lowest BCUT2D eigenvalue weighted by Crippen LogP contribution is -2.40. The first kappa shape index (κ1) is 17.6. The van der Waals surface area contributed by atoms with Crippen LogP contribution in [-0.2, 0) is 11.2 Å².